The number of aryl methyl sites for hydroxylation is 1. The first-order chi connectivity index (χ1) is 14.1. The molecular weight excluding hydrogens is 384 g/mol. The SMILES string of the molecule is COc1ccc(CNC(=O)[C@@H]2CCc3sc(C(=O)N4CCCCC4)cc3C2)cc1. The number of nitrogens with zero attached hydrogens (tertiary/aromatic N) is 1. The summed E-state index contributed by atoms with van der Waals surface area (Å²) >= 11 is 1.63. The van der Waals surface area contributed by atoms with E-state index in [1.807, 2.05) is 35.2 Å². The quantitative estimate of drug-likeness (QED) is 0.813. The fourth-order valence-electron chi connectivity index (χ4n) is 4.18. The molecule has 154 valence electrons. The van der Waals surface area contributed by atoms with Gasteiger partial charge in [0.2, 0.25) is 5.91 Å². The number of hydrogen-bond donors (Lipinski definition) is 1. The van der Waals surface area contributed by atoms with Crippen LogP contribution in [0.3, 0.4) is 0 Å². The molecule has 1 saturated heterocycles. The van der Waals surface area contributed by atoms with Crippen LogP contribution in [-0.2, 0) is 24.2 Å². The van der Waals surface area contributed by atoms with Crippen LogP contribution in [0.2, 0.25) is 0 Å². The van der Waals surface area contributed by atoms with Crippen molar-refractivity contribution in [3.63, 3.8) is 0 Å². The second kappa shape index (κ2) is 8.99. The lowest BCUT2D eigenvalue weighted by atomic mass is 9.87. The van der Waals surface area contributed by atoms with E-state index in [2.05, 4.69) is 5.32 Å². The van der Waals surface area contributed by atoms with Gasteiger partial charge in [-0.2, -0.15) is 0 Å². The number of carbonyl (C=O) groups excluding carboxylic acids is 2. The van der Waals surface area contributed by atoms with Crippen molar-refractivity contribution in [3.05, 3.63) is 51.2 Å². The van der Waals surface area contributed by atoms with E-state index < -0.39 is 0 Å². The van der Waals surface area contributed by atoms with Gasteiger partial charge in [-0.05, 0) is 67.9 Å². The Morgan fingerprint density at radius 2 is 1.93 bits per heavy atom. The van der Waals surface area contributed by atoms with Crippen molar-refractivity contribution >= 4 is 23.2 Å². The van der Waals surface area contributed by atoms with Crippen LogP contribution in [0.4, 0.5) is 0 Å². The van der Waals surface area contributed by atoms with Crippen LogP contribution in [0.1, 0.15) is 51.4 Å². The molecule has 2 heterocycles. The molecule has 2 aromatic rings. The second-order valence-electron chi connectivity index (χ2n) is 7.92. The zero-order valence-electron chi connectivity index (χ0n) is 16.9. The van der Waals surface area contributed by atoms with Gasteiger partial charge in [-0.3, -0.25) is 9.59 Å². The maximum absolute atomic E-state index is 12.8. The number of likely N-dealkylation sites (tertiary alicyclic amines) is 1. The van der Waals surface area contributed by atoms with Gasteiger partial charge in [-0.1, -0.05) is 12.1 Å². The number of benzene rings is 1. The molecular formula is C23H28N2O3S. The molecule has 29 heavy (non-hydrogen) atoms. The Balaban J connectivity index is 1.34. The van der Waals surface area contributed by atoms with Crippen molar-refractivity contribution in [2.45, 2.75) is 45.1 Å². The van der Waals surface area contributed by atoms with E-state index in [0.29, 0.717) is 6.54 Å². The monoisotopic (exact) mass is 412 g/mol. The number of fused-ring (bicyclic) bond motifs is 1. The molecule has 0 bridgehead atoms. The first-order valence-electron chi connectivity index (χ1n) is 10.5. The maximum Gasteiger partial charge on any atom is 0.263 e. The predicted octanol–water partition coefficient (Wildman–Crippen LogP) is 3.80. The highest BCUT2D eigenvalue weighted by atomic mass is 32.1. The lowest BCUT2D eigenvalue weighted by molar-refractivity contribution is -0.125. The fraction of sp³-hybridized carbons (Fsp3) is 0.478. The third kappa shape index (κ3) is 4.64. The van der Waals surface area contributed by atoms with Crippen molar-refractivity contribution in [2.75, 3.05) is 20.2 Å². The highest BCUT2D eigenvalue weighted by molar-refractivity contribution is 7.14. The second-order valence-corrected chi connectivity index (χ2v) is 9.05. The largest absolute Gasteiger partial charge is 0.497 e. The van der Waals surface area contributed by atoms with Gasteiger partial charge in [0.1, 0.15) is 5.75 Å². The number of nitrogens with one attached hydrogen (secondary N) is 1. The van der Waals surface area contributed by atoms with Gasteiger partial charge in [0, 0.05) is 30.4 Å². The Labute approximate surface area is 176 Å². The van der Waals surface area contributed by atoms with Gasteiger partial charge in [-0.15, -0.1) is 11.3 Å². The van der Waals surface area contributed by atoms with Crippen molar-refractivity contribution in [2.24, 2.45) is 5.92 Å². The molecule has 2 aliphatic rings. The third-order valence-electron chi connectivity index (χ3n) is 5.93. The fourth-order valence-corrected chi connectivity index (χ4v) is 5.36. The van der Waals surface area contributed by atoms with Crippen LogP contribution in [0.25, 0.3) is 0 Å². The number of ether oxygens (including phenoxy) is 1. The molecule has 1 N–H and O–H groups in total. The predicted molar refractivity (Wildman–Crippen MR) is 114 cm³/mol. The molecule has 6 heteroatoms. The molecule has 0 saturated carbocycles. The van der Waals surface area contributed by atoms with E-state index in [-0.39, 0.29) is 17.7 Å². The number of amides is 2. The number of thiophene rings is 1. The van der Waals surface area contributed by atoms with Gasteiger partial charge >= 0.3 is 0 Å². The normalized spacial score (nSPS) is 18.8. The van der Waals surface area contributed by atoms with Crippen molar-refractivity contribution in [1.82, 2.24) is 10.2 Å². The average Bonchev–Trinajstić information content (AvgIpc) is 3.21. The zero-order chi connectivity index (χ0) is 20.2. The van der Waals surface area contributed by atoms with E-state index in [4.69, 9.17) is 4.74 Å². The smallest absolute Gasteiger partial charge is 0.263 e. The molecule has 0 radical (unpaired) electrons. The van der Waals surface area contributed by atoms with Crippen molar-refractivity contribution < 1.29 is 14.3 Å². The van der Waals surface area contributed by atoms with E-state index >= 15 is 0 Å². The van der Waals surface area contributed by atoms with Crippen LogP contribution in [0.15, 0.2) is 30.3 Å². The number of piperidine rings is 1. The number of rotatable bonds is 5. The molecule has 5 nitrogen and oxygen atoms in total. The Bertz CT molecular complexity index is 869. The third-order valence-corrected chi connectivity index (χ3v) is 7.16. The van der Waals surface area contributed by atoms with Crippen LogP contribution >= 0.6 is 11.3 Å². The molecule has 4 rings (SSSR count). The number of methoxy groups -OCH3 is 1. The molecule has 1 aliphatic carbocycles. The van der Waals surface area contributed by atoms with Crippen molar-refractivity contribution in [3.8, 4) is 5.75 Å². The Hall–Kier alpha value is -2.34. The minimum absolute atomic E-state index is 0.0201. The van der Waals surface area contributed by atoms with E-state index in [1.54, 1.807) is 18.4 Å². The van der Waals surface area contributed by atoms with Gasteiger partial charge < -0.3 is 15.0 Å². The van der Waals surface area contributed by atoms with Gasteiger partial charge in [0.15, 0.2) is 0 Å². The lowest BCUT2D eigenvalue weighted by Crippen LogP contribution is -2.35. The van der Waals surface area contributed by atoms with Crippen LogP contribution in [0, 0.1) is 5.92 Å². The van der Waals surface area contributed by atoms with Crippen LogP contribution in [-0.4, -0.2) is 36.9 Å². The summed E-state index contributed by atoms with van der Waals surface area (Å²) in [4.78, 5) is 29.6. The van der Waals surface area contributed by atoms with E-state index in [1.165, 1.54) is 16.9 Å². The summed E-state index contributed by atoms with van der Waals surface area (Å²) in [6, 6.07) is 9.78. The molecule has 1 aromatic heterocycles. The summed E-state index contributed by atoms with van der Waals surface area (Å²) in [6.07, 6.45) is 5.89. The van der Waals surface area contributed by atoms with Gasteiger partial charge in [-0.25, -0.2) is 0 Å². The molecule has 0 spiro atoms. The lowest BCUT2D eigenvalue weighted by Gasteiger charge is -2.26. The minimum atomic E-state index is -0.0201. The minimum Gasteiger partial charge on any atom is -0.497 e. The van der Waals surface area contributed by atoms with Crippen LogP contribution < -0.4 is 10.1 Å². The summed E-state index contributed by atoms with van der Waals surface area (Å²) in [7, 11) is 1.64. The van der Waals surface area contributed by atoms with Gasteiger partial charge in [0.25, 0.3) is 5.91 Å². The maximum atomic E-state index is 12.8. The Morgan fingerprint density at radius 1 is 1.17 bits per heavy atom. The summed E-state index contributed by atoms with van der Waals surface area (Å²) in [5, 5.41) is 3.07. The number of carbonyl (C=O) groups is 2. The Morgan fingerprint density at radius 3 is 2.66 bits per heavy atom. The average molecular weight is 413 g/mol. The molecule has 2 amide bonds. The molecule has 0 unspecified atom stereocenters. The first kappa shape index (κ1) is 20.0. The summed E-state index contributed by atoms with van der Waals surface area (Å²) in [5.74, 6) is 1.06. The standard InChI is InChI=1S/C23H28N2O3S/c1-28-19-8-5-16(6-9-19)15-24-22(26)17-7-10-20-18(13-17)14-21(29-20)23(27)25-11-3-2-4-12-25/h5-6,8-9,14,17H,2-4,7,10-13,15H2,1H3,(H,24,26)/t17-/m1/s1. The molecule has 1 aliphatic heterocycles. The number of hydrogen-bond acceptors (Lipinski definition) is 4. The van der Waals surface area contributed by atoms with E-state index in [9.17, 15) is 9.59 Å². The highest BCUT2D eigenvalue weighted by Gasteiger charge is 2.28. The topological polar surface area (TPSA) is 58.6 Å². The van der Waals surface area contributed by atoms with E-state index in [0.717, 1.165) is 61.4 Å². The first-order valence-corrected chi connectivity index (χ1v) is 11.3. The Kier molecular flexibility index (Phi) is 6.19. The molecule has 1 aromatic carbocycles. The molecule has 1 atom stereocenters. The zero-order valence-corrected chi connectivity index (χ0v) is 17.7. The van der Waals surface area contributed by atoms with Gasteiger partial charge in [0.05, 0.1) is 12.0 Å². The highest BCUT2D eigenvalue weighted by Crippen LogP contribution is 2.33. The van der Waals surface area contributed by atoms with Crippen LogP contribution in [0.5, 0.6) is 5.75 Å². The summed E-state index contributed by atoms with van der Waals surface area (Å²) in [6.45, 7) is 2.27. The summed E-state index contributed by atoms with van der Waals surface area (Å²) < 4.78 is 5.17. The summed E-state index contributed by atoms with van der Waals surface area (Å²) in [5.41, 5.74) is 2.24. The van der Waals surface area contributed by atoms with Crippen molar-refractivity contribution in [1.29, 1.82) is 0 Å². The molecule has 1 fully saturated rings.